The lowest BCUT2D eigenvalue weighted by Crippen LogP contribution is -2.07. The summed E-state index contributed by atoms with van der Waals surface area (Å²) in [5.74, 6) is -1.19. The molecule has 0 aliphatic heterocycles. The Bertz CT molecular complexity index is 920. The summed E-state index contributed by atoms with van der Waals surface area (Å²) in [6, 6.07) is 1.37. The highest BCUT2D eigenvalue weighted by molar-refractivity contribution is 6.28. The zero-order valence-electron chi connectivity index (χ0n) is 12.7. The average molecular weight is 338 g/mol. The summed E-state index contributed by atoms with van der Waals surface area (Å²) >= 11 is 5.71. The number of imidazole rings is 1. The van der Waals surface area contributed by atoms with Crippen LogP contribution in [0, 0.1) is 18.6 Å². The van der Waals surface area contributed by atoms with Crippen molar-refractivity contribution < 1.29 is 8.78 Å². The minimum atomic E-state index is -0.754. The molecular formula is C15H14ClF2N5. The van der Waals surface area contributed by atoms with E-state index in [4.69, 9.17) is 17.3 Å². The van der Waals surface area contributed by atoms with E-state index in [9.17, 15) is 4.39 Å². The summed E-state index contributed by atoms with van der Waals surface area (Å²) in [5.41, 5.74) is 7.04. The number of benzene rings is 1. The van der Waals surface area contributed by atoms with Gasteiger partial charge >= 0.3 is 0 Å². The molecule has 5 nitrogen and oxygen atoms in total. The molecule has 2 heterocycles. The molecule has 3 rings (SSSR count). The van der Waals surface area contributed by atoms with Gasteiger partial charge in [-0.2, -0.15) is 0 Å². The first kappa shape index (κ1) is 15.6. The number of nitrogens with zero attached hydrogens (tertiary/aromatic N) is 4. The van der Waals surface area contributed by atoms with Crippen LogP contribution in [0.3, 0.4) is 0 Å². The number of fused-ring (bicyclic) bond motifs is 1. The van der Waals surface area contributed by atoms with Gasteiger partial charge in [0.2, 0.25) is 11.2 Å². The molecule has 0 bridgehead atoms. The summed E-state index contributed by atoms with van der Waals surface area (Å²) in [4.78, 5) is 11.6. The molecule has 0 saturated carbocycles. The number of aryl methyl sites for hydroxylation is 1. The SMILES string of the molecule is Cc1cc(-c2nc(Cl)ncc2F)c(F)c2c1nc(N)n2C(C)C. The predicted molar refractivity (Wildman–Crippen MR) is 85.2 cm³/mol. The van der Waals surface area contributed by atoms with Crippen molar-refractivity contribution in [2.45, 2.75) is 26.8 Å². The molecule has 0 fully saturated rings. The summed E-state index contributed by atoms with van der Waals surface area (Å²) in [5, 5.41) is -0.157. The molecule has 2 N–H and O–H groups in total. The van der Waals surface area contributed by atoms with Crippen molar-refractivity contribution in [3.05, 3.63) is 34.7 Å². The van der Waals surface area contributed by atoms with Gasteiger partial charge in [-0.1, -0.05) is 0 Å². The molecule has 0 aliphatic carbocycles. The number of nitrogen functional groups attached to an aromatic ring is 1. The summed E-state index contributed by atoms with van der Waals surface area (Å²) in [6.07, 6.45) is 0.914. The normalized spacial score (nSPS) is 11.6. The van der Waals surface area contributed by atoms with E-state index in [2.05, 4.69) is 15.0 Å². The fourth-order valence-corrected chi connectivity index (χ4v) is 2.77. The third-order valence-corrected chi connectivity index (χ3v) is 3.79. The Morgan fingerprint density at radius 2 is 1.96 bits per heavy atom. The van der Waals surface area contributed by atoms with Gasteiger partial charge in [-0.3, -0.25) is 0 Å². The van der Waals surface area contributed by atoms with Gasteiger partial charge in [-0.05, 0) is 44.0 Å². The van der Waals surface area contributed by atoms with Gasteiger partial charge in [-0.25, -0.2) is 23.7 Å². The zero-order chi connectivity index (χ0) is 16.9. The van der Waals surface area contributed by atoms with E-state index < -0.39 is 11.6 Å². The molecule has 120 valence electrons. The molecule has 1 aromatic carbocycles. The minimum absolute atomic E-state index is 0.00130. The Hall–Kier alpha value is -2.28. The van der Waals surface area contributed by atoms with Crippen LogP contribution in [0.2, 0.25) is 5.28 Å². The smallest absolute Gasteiger partial charge is 0.223 e. The Kier molecular flexibility index (Phi) is 3.68. The number of anilines is 1. The largest absolute Gasteiger partial charge is 0.369 e. The van der Waals surface area contributed by atoms with Crippen LogP contribution in [0.4, 0.5) is 14.7 Å². The molecule has 0 amide bonds. The molecule has 0 unspecified atom stereocenters. The topological polar surface area (TPSA) is 69.6 Å². The fraction of sp³-hybridized carbons (Fsp3) is 0.267. The Balaban J connectivity index is 2.42. The highest BCUT2D eigenvalue weighted by atomic mass is 35.5. The number of hydrogen-bond acceptors (Lipinski definition) is 4. The Morgan fingerprint density at radius 1 is 1.26 bits per heavy atom. The number of hydrogen-bond donors (Lipinski definition) is 1. The third-order valence-electron chi connectivity index (χ3n) is 3.60. The minimum Gasteiger partial charge on any atom is -0.369 e. The Morgan fingerprint density at radius 3 is 2.61 bits per heavy atom. The van der Waals surface area contributed by atoms with E-state index in [1.54, 1.807) is 11.5 Å². The lowest BCUT2D eigenvalue weighted by molar-refractivity contribution is 0.588. The quantitative estimate of drug-likeness (QED) is 0.720. The van der Waals surface area contributed by atoms with Crippen LogP contribution >= 0.6 is 11.6 Å². The highest BCUT2D eigenvalue weighted by Gasteiger charge is 2.23. The van der Waals surface area contributed by atoms with Crippen molar-refractivity contribution in [2.24, 2.45) is 0 Å². The zero-order valence-corrected chi connectivity index (χ0v) is 13.5. The molecule has 8 heteroatoms. The van der Waals surface area contributed by atoms with Gasteiger partial charge in [0.15, 0.2) is 11.6 Å². The molecule has 0 radical (unpaired) electrons. The molecule has 0 spiro atoms. The standard InChI is InChI=1S/C15H14ClF2N5/c1-6(2)23-13-10(18)8(4-7(3)11(13)22-15(23)19)12-9(17)5-20-14(16)21-12/h4-6H,1-3H3,(H2,19,22). The van der Waals surface area contributed by atoms with E-state index in [1.807, 2.05) is 13.8 Å². The van der Waals surface area contributed by atoms with Gasteiger partial charge in [0.1, 0.15) is 11.2 Å². The lowest BCUT2D eigenvalue weighted by Gasteiger charge is -2.13. The second-order valence-corrected chi connectivity index (χ2v) is 5.86. The van der Waals surface area contributed by atoms with Crippen LogP contribution in [0.15, 0.2) is 12.3 Å². The number of halogens is 3. The Labute approximate surface area is 136 Å². The lowest BCUT2D eigenvalue weighted by atomic mass is 10.0. The fourth-order valence-electron chi connectivity index (χ4n) is 2.64. The molecular weight excluding hydrogens is 324 g/mol. The van der Waals surface area contributed by atoms with Gasteiger partial charge < -0.3 is 10.3 Å². The van der Waals surface area contributed by atoms with E-state index in [1.165, 1.54) is 6.07 Å². The third kappa shape index (κ3) is 2.41. The number of rotatable bonds is 2. The molecule has 0 saturated heterocycles. The van der Waals surface area contributed by atoms with Gasteiger partial charge in [-0.15, -0.1) is 0 Å². The number of nitrogens with two attached hydrogens (primary N) is 1. The highest BCUT2D eigenvalue weighted by Crippen LogP contribution is 2.34. The predicted octanol–water partition coefficient (Wildman–Crippen LogP) is 3.90. The average Bonchev–Trinajstić information content (AvgIpc) is 2.84. The molecule has 23 heavy (non-hydrogen) atoms. The second-order valence-electron chi connectivity index (χ2n) is 5.52. The van der Waals surface area contributed by atoms with E-state index in [0.29, 0.717) is 11.1 Å². The number of aromatic nitrogens is 4. The van der Waals surface area contributed by atoms with E-state index in [0.717, 1.165) is 6.20 Å². The molecule has 0 atom stereocenters. The first-order valence-electron chi connectivity index (χ1n) is 6.96. The van der Waals surface area contributed by atoms with Crippen molar-refractivity contribution in [1.29, 1.82) is 0 Å². The van der Waals surface area contributed by atoms with Crippen molar-refractivity contribution in [2.75, 3.05) is 5.73 Å². The monoisotopic (exact) mass is 337 g/mol. The maximum absolute atomic E-state index is 15.1. The summed E-state index contributed by atoms with van der Waals surface area (Å²) < 4.78 is 30.7. The molecule has 3 aromatic rings. The summed E-state index contributed by atoms with van der Waals surface area (Å²) in [6.45, 7) is 5.48. The van der Waals surface area contributed by atoms with Crippen LogP contribution in [0.5, 0.6) is 0 Å². The van der Waals surface area contributed by atoms with Crippen molar-refractivity contribution in [3.63, 3.8) is 0 Å². The maximum Gasteiger partial charge on any atom is 0.223 e. The summed E-state index contributed by atoms with van der Waals surface area (Å²) in [7, 11) is 0. The van der Waals surface area contributed by atoms with Crippen LogP contribution in [-0.2, 0) is 0 Å². The first-order valence-corrected chi connectivity index (χ1v) is 7.34. The van der Waals surface area contributed by atoms with E-state index in [-0.39, 0.29) is 34.0 Å². The van der Waals surface area contributed by atoms with Crippen LogP contribution in [0.25, 0.3) is 22.3 Å². The molecule has 2 aromatic heterocycles. The van der Waals surface area contributed by atoms with Crippen molar-refractivity contribution in [3.8, 4) is 11.3 Å². The molecule has 0 aliphatic rings. The van der Waals surface area contributed by atoms with E-state index >= 15 is 4.39 Å². The van der Waals surface area contributed by atoms with Gasteiger partial charge in [0, 0.05) is 11.6 Å². The van der Waals surface area contributed by atoms with Crippen molar-refractivity contribution in [1.82, 2.24) is 19.5 Å². The van der Waals surface area contributed by atoms with Gasteiger partial charge in [0.25, 0.3) is 0 Å². The van der Waals surface area contributed by atoms with Crippen LogP contribution in [-0.4, -0.2) is 19.5 Å². The maximum atomic E-state index is 15.1. The van der Waals surface area contributed by atoms with Crippen LogP contribution < -0.4 is 5.73 Å². The van der Waals surface area contributed by atoms with Crippen LogP contribution in [0.1, 0.15) is 25.5 Å². The second kappa shape index (κ2) is 5.42. The first-order chi connectivity index (χ1) is 10.8. The van der Waals surface area contributed by atoms with Gasteiger partial charge in [0.05, 0.1) is 11.7 Å². The van der Waals surface area contributed by atoms with Crippen molar-refractivity contribution >= 4 is 28.6 Å².